The van der Waals surface area contributed by atoms with Crippen molar-refractivity contribution >= 4 is 35.6 Å². The number of methoxy groups -OCH3 is 2. The number of hydrogen-bond acceptors (Lipinski definition) is 5. The highest BCUT2D eigenvalue weighted by Crippen LogP contribution is 2.31. The lowest BCUT2D eigenvalue weighted by molar-refractivity contribution is 0.0698. The predicted octanol–water partition coefficient (Wildman–Crippen LogP) is 2.36. The van der Waals surface area contributed by atoms with Gasteiger partial charge >= 0.3 is 0 Å². The van der Waals surface area contributed by atoms with Crippen LogP contribution >= 0.6 is 24.0 Å². The van der Waals surface area contributed by atoms with Crippen molar-refractivity contribution in [2.45, 2.75) is 12.8 Å². The monoisotopic (exact) mass is 506 g/mol. The minimum atomic E-state index is 0. The van der Waals surface area contributed by atoms with E-state index in [1.807, 2.05) is 12.1 Å². The summed E-state index contributed by atoms with van der Waals surface area (Å²) in [5.41, 5.74) is 1.18. The van der Waals surface area contributed by atoms with Crippen LogP contribution in [-0.2, 0) is 9.47 Å². The molecule has 0 amide bonds. The van der Waals surface area contributed by atoms with Gasteiger partial charge in [0.05, 0.1) is 26.0 Å². The van der Waals surface area contributed by atoms with Crippen molar-refractivity contribution in [2.24, 2.45) is 10.9 Å². The predicted molar refractivity (Wildman–Crippen MR) is 125 cm³/mol. The van der Waals surface area contributed by atoms with Crippen LogP contribution in [0, 0.1) is 5.92 Å². The minimum absolute atomic E-state index is 0. The first-order valence-electron chi connectivity index (χ1n) is 9.67. The molecule has 1 aliphatic rings. The molecule has 2 N–H and O–H groups in total. The van der Waals surface area contributed by atoms with Gasteiger partial charge in [0, 0.05) is 46.9 Å². The maximum atomic E-state index is 5.49. The number of anilines is 1. The quantitative estimate of drug-likeness (QED) is 0.208. The summed E-state index contributed by atoms with van der Waals surface area (Å²) < 4.78 is 15.9. The van der Waals surface area contributed by atoms with Gasteiger partial charge in [0.15, 0.2) is 5.96 Å². The van der Waals surface area contributed by atoms with E-state index < -0.39 is 0 Å². The topological polar surface area (TPSA) is 67.4 Å². The van der Waals surface area contributed by atoms with E-state index >= 15 is 0 Å². The van der Waals surface area contributed by atoms with Gasteiger partial charge in [-0.2, -0.15) is 0 Å². The van der Waals surface area contributed by atoms with Gasteiger partial charge in [0.25, 0.3) is 0 Å². The number of rotatable bonds is 11. The summed E-state index contributed by atoms with van der Waals surface area (Å²) in [5, 5.41) is 6.78. The van der Waals surface area contributed by atoms with E-state index in [4.69, 9.17) is 14.2 Å². The Bertz CT molecular complexity index is 574. The molecule has 8 heteroatoms. The van der Waals surface area contributed by atoms with Crippen LogP contribution in [0.4, 0.5) is 5.69 Å². The van der Waals surface area contributed by atoms with Crippen molar-refractivity contribution in [3.8, 4) is 5.75 Å². The van der Waals surface area contributed by atoms with Crippen molar-refractivity contribution < 1.29 is 14.2 Å². The first-order chi connectivity index (χ1) is 13.3. The Morgan fingerprint density at radius 3 is 2.75 bits per heavy atom. The average Bonchev–Trinajstić information content (AvgIpc) is 3.18. The number of hydrogen-bond donors (Lipinski definition) is 2. The van der Waals surface area contributed by atoms with E-state index in [1.54, 1.807) is 21.3 Å². The molecule has 7 nitrogen and oxygen atoms in total. The van der Waals surface area contributed by atoms with Gasteiger partial charge in [0.2, 0.25) is 0 Å². The first-order valence-corrected chi connectivity index (χ1v) is 9.67. The van der Waals surface area contributed by atoms with Gasteiger partial charge in [-0.25, -0.2) is 0 Å². The van der Waals surface area contributed by atoms with Crippen LogP contribution in [0.3, 0.4) is 0 Å². The molecule has 1 atom stereocenters. The third kappa shape index (κ3) is 8.40. The van der Waals surface area contributed by atoms with Gasteiger partial charge < -0.3 is 29.7 Å². The zero-order valence-corrected chi connectivity index (χ0v) is 19.6. The molecule has 28 heavy (non-hydrogen) atoms. The molecule has 0 spiro atoms. The summed E-state index contributed by atoms with van der Waals surface area (Å²) >= 11 is 0. The molecule has 2 rings (SSSR count). The Morgan fingerprint density at radius 2 is 2.00 bits per heavy atom. The summed E-state index contributed by atoms with van der Waals surface area (Å²) in [6.07, 6.45) is 2.10. The molecule has 1 unspecified atom stereocenters. The summed E-state index contributed by atoms with van der Waals surface area (Å²) in [7, 11) is 5.22. The van der Waals surface area contributed by atoms with Crippen molar-refractivity contribution in [2.75, 3.05) is 72.2 Å². The molecule has 160 valence electrons. The van der Waals surface area contributed by atoms with Crippen LogP contribution in [0.5, 0.6) is 5.75 Å². The minimum Gasteiger partial charge on any atom is -0.495 e. The maximum absolute atomic E-state index is 5.49. The Labute approximate surface area is 186 Å². The highest BCUT2D eigenvalue weighted by atomic mass is 127. The van der Waals surface area contributed by atoms with E-state index in [2.05, 4.69) is 32.7 Å². The summed E-state index contributed by atoms with van der Waals surface area (Å²) in [6.45, 7) is 5.84. The SMILES string of the molecule is CN=C(NCCCOCCOC)NCC1CCN(c2ccccc2OC)C1.I. The number of benzene rings is 1. The highest BCUT2D eigenvalue weighted by Gasteiger charge is 2.24. The van der Waals surface area contributed by atoms with Gasteiger partial charge in [-0.05, 0) is 30.9 Å². The molecular formula is C20H35IN4O3. The Morgan fingerprint density at radius 1 is 1.18 bits per heavy atom. The van der Waals surface area contributed by atoms with Crippen LogP contribution in [0.25, 0.3) is 0 Å². The molecule has 1 aliphatic heterocycles. The van der Waals surface area contributed by atoms with Crippen LogP contribution < -0.4 is 20.3 Å². The second-order valence-corrected chi connectivity index (χ2v) is 6.61. The molecule has 0 radical (unpaired) electrons. The van der Waals surface area contributed by atoms with Crippen molar-refractivity contribution in [1.29, 1.82) is 0 Å². The maximum Gasteiger partial charge on any atom is 0.190 e. The fourth-order valence-electron chi connectivity index (χ4n) is 3.20. The fourth-order valence-corrected chi connectivity index (χ4v) is 3.20. The molecule has 0 bridgehead atoms. The number of aliphatic imine (C=N–C) groups is 1. The Kier molecular flexibility index (Phi) is 13.0. The number of para-hydroxylation sites is 2. The summed E-state index contributed by atoms with van der Waals surface area (Å²) in [4.78, 5) is 6.70. The molecular weight excluding hydrogens is 471 g/mol. The third-order valence-corrected chi connectivity index (χ3v) is 4.68. The van der Waals surface area contributed by atoms with Crippen molar-refractivity contribution in [1.82, 2.24) is 10.6 Å². The number of nitrogens with zero attached hydrogens (tertiary/aromatic N) is 2. The lowest BCUT2D eigenvalue weighted by Crippen LogP contribution is -2.40. The third-order valence-electron chi connectivity index (χ3n) is 4.68. The molecule has 0 aromatic heterocycles. The second-order valence-electron chi connectivity index (χ2n) is 6.61. The zero-order chi connectivity index (χ0) is 19.3. The summed E-state index contributed by atoms with van der Waals surface area (Å²) in [6, 6.07) is 8.22. The van der Waals surface area contributed by atoms with E-state index in [9.17, 15) is 0 Å². The molecule has 1 aromatic rings. The number of ether oxygens (including phenoxy) is 3. The Hall–Kier alpha value is -1.26. The molecule has 1 fully saturated rings. The molecule has 0 saturated carbocycles. The number of halogens is 1. The number of nitrogens with one attached hydrogen (secondary N) is 2. The smallest absolute Gasteiger partial charge is 0.190 e. The standard InChI is InChI=1S/C20H34N4O3.HI/c1-21-20(22-10-6-12-27-14-13-25-2)23-15-17-9-11-24(16-17)18-7-4-5-8-19(18)26-3;/h4-5,7-8,17H,6,9-16H2,1-3H3,(H2,21,22,23);1H. The lowest BCUT2D eigenvalue weighted by Gasteiger charge is -2.21. The molecule has 1 heterocycles. The molecule has 0 aliphatic carbocycles. The Balaban J connectivity index is 0.00000392. The van der Waals surface area contributed by atoms with Crippen LogP contribution in [0.2, 0.25) is 0 Å². The molecule has 1 saturated heterocycles. The normalized spacial score (nSPS) is 16.6. The molecule has 1 aromatic carbocycles. The van der Waals surface area contributed by atoms with Crippen molar-refractivity contribution in [3.05, 3.63) is 24.3 Å². The number of guanidine groups is 1. The van der Waals surface area contributed by atoms with Crippen LogP contribution in [0.15, 0.2) is 29.3 Å². The van der Waals surface area contributed by atoms with Gasteiger partial charge in [-0.3, -0.25) is 4.99 Å². The van der Waals surface area contributed by atoms with Crippen LogP contribution in [-0.4, -0.2) is 73.2 Å². The van der Waals surface area contributed by atoms with E-state index in [1.165, 1.54) is 5.69 Å². The van der Waals surface area contributed by atoms with Crippen molar-refractivity contribution in [3.63, 3.8) is 0 Å². The largest absolute Gasteiger partial charge is 0.495 e. The lowest BCUT2D eigenvalue weighted by atomic mass is 10.1. The van der Waals surface area contributed by atoms with Gasteiger partial charge in [0.1, 0.15) is 5.75 Å². The van der Waals surface area contributed by atoms with E-state index in [0.29, 0.717) is 19.1 Å². The van der Waals surface area contributed by atoms with E-state index in [0.717, 1.165) is 57.3 Å². The van der Waals surface area contributed by atoms with Gasteiger partial charge in [-0.1, -0.05) is 12.1 Å². The fraction of sp³-hybridized carbons (Fsp3) is 0.650. The van der Waals surface area contributed by atoms with Crippen LogP contribution in [0.1, 0.15) is 12.8 Å². The first kappa shape index (κ1) is 24.8. The highest BCUT2D eigenvalue weighted by molar-refractivity contribution is 14.0. The van der Waals surface area contributed by atoms with Gasteiger partial charge in [-0.15, -0.1) is 24.0 Å². The second kappa shape index (κ2) is 14.7. The average molecular weight is 506 g/mol. The zero-order valence-electron chi connectivity index (χ0n) is 17.3. The van der Waals surface area contributed by atoms with E-state index in [-0.39, 0.29) is 24.0 Å². The summed E-state index contributed by atoms with van der Waals surface area (Å²) in [5.74, 6) is 2.38.